The number of amides is 1. The molecule has 6 rings (SSSR count). The number of aromatic nitrogens is 2. The molecule has 3 aromatic rings. The minimum absolute atomic E-state index is 0.243. The van der Waals surface area contributed by atoms with Crippen molar-refractivity contribution in [2.45, 2.75) is 18.5 Å². The van der Waals surface area contributed by atoms with E-state index in [-0.39, 0.29) is 18.6 Å². The molecule has 2 N–H and O–H groups in total. The van der Waals surface area contributed by atoms with Crippen LogP contribution < -0.4 is 20.4 Å². The molecule has 2 aromatic carbocycles. The van der Waals surface area contributed by atoms with Crippen molar-refractivity contribution >= 4 is 52.3 Å². The van der Waals surface area contributed by atoms with Crippen LogP contribution in [0.4, 0.5) is 23.1 Å². The Morgan fingerprint density at radius 1 is 1.15 bits per heavy atom. The van der Waals surface area contributed by atoms with Crippen LogP contribution >= 0.6 is 23.2 Å². The number of anilines is 4. The van der Waals surface area contributed by atoms with Gasteiger partial charge in [0.2, 0.25) is 5.95 Å². The zero-order valence-corrected chi connectivity index (χ0v) is 19.2. The molecular formula is C24H20Cl2N6O. The molecule has 4 heterocycles. The van der Waals surface area contributed by atoms with Crippen molar-refractivity contribution in [1.82, 2.24) is 15.3 Å². The number of hydrogen-bond donors (Lipinski definition) is 2. The number of nitrogens with one attached hydrogen (secondary N) is 2. The van der Waals surface area contributed by atoms with E-state index in [0.717, 1.165) is 12.1 Å². The van der Waals surface area contributed by atoms with Crippen LogP contribution in [-0.4, -0.2) is 29.6 Å². The molecule has 2 unspecified atom stereocenters. The number of rotatable bonds is 3. The van der Waals surface area contributed by atoms with E-state index in [4.69, 9.17) is 23.2 Å². The molecule has 1 amide bonds. The quantitative estimate of drug-likeness (QED) is 0.502. The van der Waals surface area contributed by atoms with Crippen molar-refractivity contribution in [1.29, 1.82) is 0 Å². The summed E-state index contributed by atoms with van der Waals surface area (Å²) in [5.41, 5.74) is 4.39. The molecule has 0 saturated heterocycles. The molecule has 1 aromatic heterocycles. The summed E-state index contributed by atoms with van der Waals surface area (Å²) in [5.74, 6) is 0.743. The van der Waals surface area contributed by atoms with E-state index in [9.17, 15) is 4.79 Å². The SMILES string of the molecule is CN1CN(c2c(Cl)cccc2Cl)C(=O)c2cnc(Nc3ccc4c(c3)C3C=CCC4N3)nc21. The van der Waals surface area contributed by atoms with Gasteiger partial charge >= 0.3 is 0 Å². The third-order valence-corrected chi connectivity index (χ3v) is 6.91. The van der Waals surface area contributed by atoms with Crippen molar-refractivity contribution < 1.29 is 4.79 Å². The van der Waals surface area contributed by atoms with Crippen molar-refractivity contribution in [3.8, 4) is 0 Å². The van der Waals surface area contributed by atoms with Gasteiger partial charge in [-0.25, -0.2) is 4.98 Å². The molecule has 0 aliphatic carbocycles. The van der Waals surface area contributed by atoms with Crippen LogP contribution in [0.25, 0.3) is 0 Å². The first-order valence-electron chi connectivity index (χ1n) is 10.7. The number of fused-ring (bicyclic) bond motifs is 6. The molecule has 3 aliphatic rings. The van der Waals surface area contributed by atoms with E-state index in [1.54, 1.807) is 29.3 Å². The fourth-order valence-electron chi connectivity index (χ4n) is 4.75. The summed E-state index contributed by atoms with van der Waals surface area (Å²) < 4.78 is 0. The number of benzene rings is 2. The van der Waals surface area contributed by atoms with Gasteiger partial charge in [0.1, 0.15) is 11.4 Å². The number of para-hydroxylation sites is 1. The summed E-state index contributed by atoms with van der Waals surface area (Å²) in [5, 5.41) is 7.73. The summed E-state index contributed by atoms with van der Waals surface area (Å²) >= 11 is 12.7. The normalized spacial score (nSPS) is 20.6. The molecule has 0 saturated carbocycles. The van der Waals surface area contributed by atoms with Gasteiger partial charge in [0, 0.05) is 25.0 Å². The second-order valence-electron chi connectivity index (χ2n) is 8.40. The van der Waals surface area contributed by atoms with Gasteiger partial charge < -0.3 is 10.2 Å². The number of halogens is 2. The Morgan fingerprint density at radius 3 is 2.79 bits per heavy atom. The standard InChI is InChI=1S/C24H20Cl2N6O/c1-31-12-32(21-17(25)4-2-5-18(21)26)23(33)16-11-27-24(30-22(16)31)28-13-8-9-14-15(10-13)20-7-3-6-19(14)29-20/h2-5,7-11,19-20,29H,6,12H2,1H3,(H,27,28,30). The first kappa shape index (κ1) is 20.5. The summed E-state index contributed by atoms with van der Waals surface area (Å²) in [6, 6.07) is 12.1. The third kappa shape index (κ3) is 3.35. The van der Waals surface area contributed by atoms with E-state index in [1.807, 2.05) is 18.0 Å². The van der Waals surface area contributed by atoms with Gasteiger partial charge in [-0.2, -0.15) is 4.98 Å². The second-order valence-corrected chi connectivity index (χ2v) is 9.22. The van der Waals surface area contributed by atoms with E-state index >= 15 is 0 Å². The average molecular weight is 479 g/mol. The maximum absolute atomic E-state index is 13.2. The minimum atomic E-state index is -0.243. The Labute approximate surface area is 201 Å². The number of carbonyl (C=O) groups is 1. The van der Waals surface area contributed by atoms with E-state index < -0.39 is 0 Å². The Morgan fingerprint density at radius 2 is 1.97 bits per heavy atom. The lowest BCUT2D eigenvalue weighted by Gasteiger charge is -2.35. The van der Waals surface area contributed by atoms with Crippen LogP contribution in [0, 0.1) is 0 Å². The molecule has 0 radical (unpaired) electrons. The van der Waals surface area contributed by atoms with Gasteiger partial charge in [-0.1, -0.05) is 47.5 Å². The zero-order chi connectivity index (χ0) is 22.7. The molecular weight excluding hydrogens is 459 g/mol. The molecule has 9 heteroatoms. The van der Waals surface area contributed by atoms with E-state index in [2.05, 4.69) is 44.9 Å². The van der Waals surface area contributed by atoms with E-state index in [1.165, 1.54) is 11.1 Å². The molecule has 3 aliphatic heterocycles. The predicted molar refractivity (Wildman–Crippen MR) is 131 cm³/mol. The Kier molecular flexibility index (Phi) is 4.79. The molecule has 2 bridgehead atoms. The first-order valence-corrected chi connectivity index (χ1v) is 11.4. The highest BCUT2D eigenvalue weighted by atomic mass is 35.5. The smallest absolute Gasteiger partial charge is 0.265 e. The van der Waals surface area contributed by atoms with Crippen LogP contribution in [0.2, 0.25) is 10.0 Å². The lowest BCUT2D eigenvalue weighted by molar-refractivity contribution is 0.0982. The highest BCUT2D eigenvalue weighted by Crippen LogP contribution is 2.41. The summed E-state index contributed by atoms with van der Waals surface area (Å²) in [6.45, 7) is 0.270. The first-order chi connectivity index (χ1) is 16.0. The van der Waals surface area contributed by atoms with Crippen LogP contribution in [0.5, 0.6) is 0 Å². The van der Waals surface area contributed by atoms with Gasteiger partial charge in [0.15, 0.2) is 0 Å². The second kappa shape index (κ2) is 7.73. The predicted octanol–water partition coefficient (Wildman–Crippen LogP) is 5.23. The van der Waals surface area contributed by atoms with Crippen LogP contribution in [0.3, 0.4) is 0 Å². The Bertz CT molecular complexity index is 1310. The maximum Gasteiger partial charge on any atom is 0.265 e. The van der Waals surface area contributed by atoms with Gasteiger partial charge in [0.25, 0.3) is 5.91 Å². The Hall–Kier alpha value is -3.13. The lowest BCUT2D eigenvalue weighted by Crippen LogP contribution is -2.46. The average Bonchev–Trinajstić information content (AvgIpc) is 3.05. The van der Waals surface area contributed by atoms with Crippen LogP contribution in [0.1, 0.15) is 40.0 Å². The summed E-state index contributed by atoms with van der Waals surface area (Å²) in [7, 11) is 1.87. The van der Waals surface area contributed by atoms with Crippen LogP contribution in [0.15, 0.2) is 54.7 Å². The minimum Gasteiger partial charge on any atom is -0.341 e. The van der Waals surface area contributed by atoms with Gasteiger partial charge in [-0.15, -0.1) is 0 Å². The topological polar surface area (TPSA) is 73.4 Å². The highest BCUT2D eigenvalue weighted by molar-refractivity contribution is 6.40. The fourth-order valence-corrected chi connectivity index (χ4v) is 5.35. The monoisotopic (exact) mass is 478 g/mol. The third-order valence-electron chi connectivity index (χ3n) is 6.30. The molecule has 0 fully saturated rings. The number of hydrogen-bond acceptors (Lipinski definition) is 6. The highest BCUT2D eigenvalue weighted by Gasteiger charge is 2.33. The van der Waals surface area contributed by atoms with Gasteiger partial charge in [-0.05, 0) is 41.8 Å². The molecule has 166 valence electrons. The molecule has 33 heavy (non-hydrogen) atoms. The Balaban J connectivity index is 1.30. The molecule has 0 spiro atoms. The number of nitrogens with zero attached hydrogens (tertiary/aromatic N) is 4. The maximum atomic E-state index is 13.2. The lowest BCUT2D eigenvalue weighted by atomic mass is 10.0. The zero-order valence-electron chi connectivity index (χ0n) is 17.7. The van der Waals surface area contributed by atoms with Crippen LogP contribution in [-0.2, 0) is 0 Å². The largest absolute Gasteiger partial charge is 0.341 e. The summed E-state index contributed by atoms with van der Waals surface area (Å²) in [6.07, 6.45) is 7.00. The van der Waals surface area contributed by atoms with Crippen molar-refractivity contribution in [2.75, 3.05) is 28.8 Å². The summed E-state index contributed by atoms with van der Waals surface area (Å²) in [4.78, 5) is 25.7. The fraction of sp³-hybridized carbons (Fsp3) is 0.208. The van der Waals surface area contributed by atoms with E-state index in [0.29, 0.717) is 39.1 Å². The van der Waals surface area contributed by atoms with Crippen molar-refractivity contribution in [3.05, 3.63) is 81.5 Å². The van der Waals surface area contributed by atoms with Crippen molar-refractivity contribution in [3.63, 3.8) is 0 Å². The molecule has 2 atom stereocenters. The van der Waals surface area contributed by atoms with Gasteiger partial charge in [0.05, 0.1) is 28.4 Å². The molecule has 7 nitrogen and oxygen atoms in total. The van der Waals surface area contributed by atoms with Gasteiger partial charge in [-0.3, -0.25) is 15.0 Å². The number of carbonyl (C=O) groups excluding carboxylic acids is 1. The van der Waals surface area contributed by atoms with Crippen molar-refractivity contribution in [2.24, 2.45) is 0 Å².